The van der Waals surface area contributed by atoms with Gasteiger partial charge < -0.3 is 19.5 Å². The molecule has 1 fully saturated rings. The Morgan fingerprint density at radius 1 is 1.06 bits per heavy atom. The first-order chi connectivity index (χ1) is 17.5. The van der Waals surface area contributed by atoms with Gasteiger partial charge in [-0.05, 0) is 73.5 Å². The maximum absolute atomic E-state index is 13.7. The van der Waals surface area contributed by atoms with Gasteiger partial charge in [0.1, 0.15) is 17.1 Å². The molecule has 0 unspecified atom stereocenters. The molecule has 1 aliphatic rings. The summed E-state index contributed by atoms with van der Waals surface area (Å²) in [5, 5.41) is 7.39. The van der Waals surface area contributed by atoms with E-state index >= 15 is 0 Å². The molecule has 2 aromatic carbocycles. The summed E-state index contributed by atoms with van der Waals surface area (Å²) < 4.78 is 22.1. The number of methoxy groups -OCH3 is 1. The number of rotatable bonds is 6. The molecular weight excluding hydrogens is 461 g/mol. The highest BCUT2D eigenvalue weighted by molar-refractivity contribution is 5.98. The van der Waals surface area contributed by atoms with Crippen LogP contribution >= 0.6 is 0 Å². The van der Waals surface area contributed by atoms with Gasteiger partial charge >= 0.3 is 0 Å². The molecule has 5 rings (SSSR count). The molecule has 0 saturated carbocycles. The summed E-state index contributed by atoms with van der Waals surface area (Å²) >= 11 is 0. The number of carbonyl (C=O) groups excluding carboxylic acids is 2. The van der Waals surface area contributed by atoms with E-state index in [-0.39, 0.29) is 23.5 Å². The second-order valence-electron chi connectivity index (χ2n) is 8.67. The second kappa shape index (κ2) is 10.1. The Labute approximate surface area is 207 Å². The van der Waals surface area contributed by atoms with Crippen molar-refractivity contribution in [3.05, 3.63) is 90.6 Å². The zero-order chi connectivity index (χ0) is 25.1. The number of ether oxygens (including phenoxy) is 1. The van der Waals surface area contributed by atoms with Crippen LogP contribution in [-0.4, -0.2) is 51.3 Å². The van der Waals surface area contributed by atoms with E-state index in [0.717, 1.165) is 6.42 Å². The average Bonchev–Trinajstić information content (AvgIpc) is 3.59. The van der Waals surface area contributed by atoms with Crippen LogP contribution in [0.5, 0.6) is 5.75 Å². The van der Waals surface area contributed by atoms with Crippen molar-refractivity contribution in [2.24, 2.45) is 5.92 Å². The summed E-state index contributed by atoms with van der Waals surface area (Å²) in [4.78, 5) is 28.3. The largest absolute Gasteiger partial charge is 0.497 e. The van der Waals surface area contributed by atoms with Crippen molar-refractivity contribution in [3.8, 4) is 17.3 Å². The number of nitrogens with one attached hydrogen (secondary N) is 1. The van der Waals surface area contributed by atoms with Crippen LogP contribution in [0.1, 0.15) is 23.2 Å². The van der Waals surface area contributed by atoms with Gasteiger partial charge in [0.25, 0.3) is 5.91 Å². The number of aromatic nitrogens is 3. The summed E-state index contributed by atoms with van der Waals surface area (Å²) in [6.45, 7) is 0.867. The smallest absolute Gasteiger partial charge is 0.259 e. The third kappa shape index (κ3) is 4.72. The van der Waals surface area contributed by atoms with Crippen molar-refractivity contribution in [1.82, 2.24) is 19.2 Å². The summed E-state index contributed by atoms with van der Waals surface area (Å²) in [6, 6.07) is 16.8. The highest BCUT2D eigenvalue weighted by Gasteiger charge is 2.31. The molecule has 3 heterocycles. The number of hydrogen-bond donors (Lipinski definition) is 1. The fraction of sp³-hybridized carbons (Fsp3) is 0.222. The van der Waals surface area contributed by atoms with Crippen LogP contribution in [0.25, 0.3) is 11.5 Å². The Balaban J connectivity index is 1.37. The van der Waals surface area contributed by atoms with Crippen molar-refractivity contribution in [1.29, 1.82) is 0 Å². The fourth-order valence-corrected chi connectivity index (χ4v) is 4.45. The molecule has 9 heteroatoms. The molecule has 8 nitrogen and oxygen atoms in total. The van der Waals surface area contributed by atoms with Gasteiger partial charge in [-0.3, -0.25) is 9.59 Å². The van der Waals surface area contributed by atoms with Gasteiger partial charge in [0, 0.05) is 31.2 Å². The summed E-state index contributed by atoms with van der Waals surface area (Å²) in [5.74, 6) is 0.270. The van der Waals surface area contributed by atoms with Crippen LogP contribution in [0, 0.1) is 11.7 Å². The van der Waals surface area contributed by atoms with E-state index in [2.05, 4.69) is 10.4 Å². The number of halogens is 1. The summed E-state index contributed by atoms with van der Waals surface area (Å²) in [7, 11) is 1.59. The zero-order valence-corrected chi connectivity index (χ0v) is 19.8. The average molecular weight is 488 g/mol. The number of anilines is 1. The lowest BCUT2D eigenvalue weighted by atomic mass is 9.96. The fourth-order valence-electron chi connectivity index (χ4n) is 4.45. The number of likely N-dealkylation sites (tertiary alicyclic amines) is 1. The van der Waals surface area contributed by atoms with Crippen molar-refractivity contribution in [2.75, 3.05) is 25.5 Å². The maximum atomic E-state index is 13.7. The number of benzene rings is 2. The standard InChI is InChI=1S/C27H26FN5O3/c1-36-23-12-8-21(9-13-23)30-25(34)19-5-4-16-32(18-19)27(35)24-17-29-33(22-10-6-20(28)7-11-22)26(24)31-14-2-3-15-31/h2-3,6-15,17,19H,4-5,16,18H2,1H3,(H,30,34)/t19-/m1/s1. The number of piperidine rings is 1. The van der Waals surface area contributed by atoms with E-state index in [9.17, 15) is 14.0 Å². The Bertz CT molecular complexity index is 1350. The van der Waals surface area contributed by atoms with Crippen molar-refractivity contribution < 1.29 is 18.7 Å². The van der Waals surface area contributed by atoms with Crippen LogP contribution in [0.15, 0.2) is 79.3 Å². The Hall–Kier alpha value is -4.40. The minimum absolute atomic E-state index is 0.120. The van der Waals surface area contributed by atoms with E-state index in [1.54, 1.807) is 57.7 Å². The lowest BCUT2D eigenvalue weighted by Crippen LogP contribution is -2.44. The van der Waals surface area contributed by atoms with E-state index < -0.39 is 0 Å². The molecule has 0 aliphatic carbocycles. The first-order valence-electron chi connectivity index (χ1n) is 11.7. The van der Waals surface area contributed by atoms with Crippen molar-refractivity contribution in [2.45, 2.75) is 12.8 Å². The van der Waals surface area contributed by atoms with Gasteiger partial charge in [-0.1, -0.05) is 0 Å². The van der Waals surface area contributed by atoms with Crippen molar-refractivity contribution >= 4 is 17.5 Å². The minimum atomic E-state index is -0.350. The first-order valence-corrected chi connectivity index (χ1v) is 11.7. The maximum Gasteiger partial charge on any atom is 0.259 e. The molecule has 1 N–H and O–H groups in total. The van der Waals surface area contributed by atoms with E-state index in [1.165, 1.54) is 18.3 Å². The van der Waals surface area contributed by atoms with Gasteiger partial charge in [-0.25, -0.2) is 9.07 Å². The van der Waals surface area contributed by atoms with E-state index in [1.807, 2.05) is 24.5 Å². The van der Waals surface area contributed by atoms with Crippen LogP contribution in [0.2, 0.25) is 0 Å². The zero-order valence-electron chi connectivity index (χ0n) is 19.8. The number of hydrogen-bond acceptors (Lipinski definition) is 4. The molecule has 0 spiro atoms. The first kappa shape index (κ1) is 23.3. The quantitative estimate of drug-likeness (QED) is 0.440. The SMILES string of the molecule is COc1ccc(NC(=O)[C@@H]2CCCN(C(=O)c3cnn(-c4ccc(F)cc4)c3-n3cccc3)C2)cc1. The minimum Gasteiger partial charge on any atom is -0.497 e. The van der Waals surface area contributed by atoms with Gasteiger partial charge in [0.15, 0.2) is 5.82 Å². The van der Waals surface area contributed by atoms with E-state index in [0.29, 0.717) is 48.0 Å². The number of amides is 2. The van der Waals surface area contributed by atoms with Crippen LogP contribution in [0.4, 0.5) is 10.1 Å². The molecule has 0 bridgehead atoms. The van der Waals surface area contributed by atoms with Crippen LogP contribution in [-0.2, 0) is 4.79 Å². The molecule has 0 radical (unpaired) electrons. The normalized spacial score (nSPS) is 15.5. The number of carbonyl (C=O) groups is 2. The Morgan fingerprint density at radius 3 is 2.47 bits per heavy atom. The molecule has 36 heavy (non-hydrogen) atoms. The lowest BCUT2D eigenvalue weighted by Gasteiger charge is -2.32. The molecule has 2 aromatic heterocycles. The van der Waals surface area contributed by atoms with Gasteiger partial charge in [-0.15, -0.1) is 0 Å². The lowest BCUT2D eigenvalue weighted by molar-refractivity contribution is -0.121. The highest BCUT2D eigenvalue weighted by Crippen LogP contribution is 2.25. The third-order valence-electron chi connectivity index (χ3n) is 6.33. The summed E-state index contributed by atoms with van der Waals surface area (Å²) in [5.41, 5.74) is 1.72. The predicted octanol–water partition coefficient (Wildman–Crippen LogP) is 4.30. The molecule has 1 atom stereocenters. The third-order valence-corrected chi connectivity index (χ3v) is 6.33. The Morgan fingerprint density at radius 2 is 1.78 bits per heavy atom. The van der Waals surface area contributed by atoms with Gasteiger partial charge in [0.2, 0.25) is 5.91 Å². The molecule has 4 aromatic rings. The molecule has 1 aliphatic heterocycles. The van der Waals surface area contributed by atoms with Gasteiger partial charge in [-0.2, -0.15) is 5.10 Å². The van der Waals surface area contributed by atoms with Crippen molar-refractivity contribution in [3.63, 3.8) is 0 Å². The Kier molecular flexibility index (Phi) is 6.53. The van der Waals surface area contributed by atoms with E-state index in [4.69, 9.17) is 4.74 Å². The molecule has 2 amide bonds. The monoisotopic (exact) mass is 487 g/mol. The van der Waals surface area contributed by atoms with Gasteiger partial charge in [0.05, 0.1) is 24.9 Å². The predicted molar refractivity (Wildman–Crippen MR) is 133 cm³/mol. The topological polar surface area (TPSA) is 81.4 Å². The molecule has 1 saturated heterocycles. The highest BCUT2D eigenvalue weighted by atomic mass is 19.1. The van der Waals surface area contributed by atoms with Crippen LogP contribution in [0.3, 0.4) is 0 Å². The second-order valence-corrected chi connectivity index (χ2v) is 8.67. The summed E-state index contributed by atoms with van der Waals surface area (Å²) in [6.07, 6.45) is 6.61. The van der Waals surface area contributed by atoms with Crippen LogP contribution < -0.4 is 10.1 Å². The molecular formula is C27H26FN5O3. The number of nitrogens with zero attached hydrogens (tertiary/aromatic N) is 4. The molecule has 184 valence electrons.